The first-order valence-electron chi connectivity index (χ1n) is 4.96. The third kappa shape index (κ3) is 4.19. The summed E-state index contributed by atoms with van der Waals surface area (Å²) in [5.41, 5.74) is -1.02. The fourth-order valence-corrected chi connectivity index (χ4v) is 1.40. The Bertz CT molecular complexity index is 432. The van der Waals surface area contributed by atoms with E-state index >= 15 is 0 Å². The average molecular weight is 283 g/mol. The van der Waals surface area contributed by atoms with Gasteiger partial charge < -0.3 is 9.84 Å². The molecule has 1 rings (SSSR count). The lowest BCUT2D eigenvalue weighted by atomic mass is 10.2. The molecule has 0 bridgehead atoms. The molecule has 100 valence electrons. The van der Waals surface area contributed by atoms with Crippen molar-refractivity contribution in [3.63, 3.8) is 0 Å². The molecule has 0 aliphatic carbocycles. The lowest BCUT2D eigenvalue weighted by Gasteiger charge is -2.11. The van der Waals surface area contributed by atoms with E-state index in [0.717, 1.165) is 12.1 Å². The van der Waals surface area contributed by atoms with Crippen molar-refractivity contribution in [1.29, 1.82) is 0 Å². The van der Waals surface area contributed by atoms with Gasteiger partial charge in [-0.25, -0.2) is 0 Å². The van der Waals surface area contributed by atoms with Crippen molar-refractivity contribution in [2.24, 2.45) is 0 Å². The molecule has 1 aromatic rings. The molecule has 0 heterocycles. The monoisotopic (exact) mass is 282 g/mol. The Morgan fingerprint density at radius 2 is 2.06 bits per heavy atom. The molecule has 0 spiro atoms. The summed E-state index contributed by atoms with van der Waals surface area (Å²) in [5.74, 6) is -0.501. The molecule has 0 aliphatic rings. The minimum Gasteiger partial charge on any atom is -0.486 e. The molecule has 7 heteroatoms. The Morgan fingerprint density at radius 1 is 1.39 bits per heavy atom. The summed E-state index contributed by atoms with van der Waals surface area (Å²) in [6, 6.07) is 3.02. The summed E-state index contributed by atoms with van der Waals surface area (Å²) in [7, 11) is 0. The topological polar surface area (TPSA) is 46.5 Å². The number of alkyl halides is 3. The van der Waals surface area contributed by atoms with Gasteiger partial charge in [0.25, 0.3) is 0 Å². The van der Waals surface area contributed by atoms with Crippen LogP contribution in [0.2, 0.25) is 5.02 Å². The van der Waals surface area contributed by atoms with Crippen LogP contribution < -0.4 is 4.74 Å². The number of carbonyl (C=O) groups is 1. The fourth-order valence-electron chi connectivity index (χ4n) is 1.17. The Balaban J connectivity index is 2.77. The molecule has 0 amide bonds. The second kappa shape index (κ2) is 6.06. The Kier molecular flexibility index (Phi) is 4.98. The smallest absolute Gasteiger partial charge is 0.417 e. The van der Waals surface area contributed by atoms with Gasteiger partial charge in [0.2, 0.25) is 0 Å². The van der Waals surface area contributed by atoms with Crippen LogP contribution in [0.3, 0.4) is 0 Å². The number of aliphatic hydroxyl groups is 1. The van der Waals surface area contributed by atoms with Gasteiger partial charge in [-0.3, -0.25) is 4.79 Å². The third-order valence-corrected chi connectivity index (χ3v) is 2.36. The zero-order chi connectivity index (χ0) is 13.8. The highest BCUT2D eigenvalue weighted by molar-refractivity contribution is 6.31. The molecule has 1 aromatic carbocycles. The summed E-state index contributed by atoms with van der Waals surface area (Å²) < 4.78 is 42.4. The predicted molar refractivity (Wildman–Crippen MR) is 58.7 cm³/mol. The number of Topliss-reactive ketones (excluding diaryl/α,β-unsaturated/α-hetero) is 1. The molecule has 0 fully saturated rings. The summed E-state index contributed by atoms with van der Waals surface area (Å²) in [5, 5.41) is 8.04. The number of benzene rings is 1. The van der Waals surface area contributed by atoms with E-state index in [1.165, 1.54) is 6.07 Å². The molecule has 0 saturated carbocycles. The Labute approximate surface area is 106 Å². The molecular weight excluding hydrogens is 273 g/mol. The van der Waals surface area contributed by atoms with Crippen molar-refractivity contribution in [3.8, 4) is 5.75 Å². The van der Waals surface area contributed by atoms with E-state index < -0.39 is 22.5 Å². The Hall–Kier alpha value is -1.27. The van der Waals surface area contributed by atoms with E-state index in [-0.39, 0.29) is 25.4 Å². The number of ether oxygens (including phenoxy) is 1. The van der Waals surface area contributed by atoms with Crippen LogP contribution >= 0.6 is 11.6 Å². The minimum absolute atomic E-state index is 0.0975. The van der Waals surface area contributed by atoms with Crippen LogP contribution in [0.25, 0.3) is 0 Å². The van der Waals surface area contributed by atoms with Crippen LogP contribution in [0.1, 0.15) is 12.0 Å². The van der Waals surface area contributed by atoms with Crippen LogP contribution in [-0.4, -0.2) is 24.1 Å². The second-order valence-electron chi connectivity index (χ2n) is 3.44. The minimum atomic E-state index is -4.58. The number of hydrogen-bond donors (Lipinski definition) is 1. The lowest BCUT2D eigenvalue weighted by molar-refractivity contribution is -0.137. The summed E-state index contributed by atoms with van der Waals surface area (Å²) in [4.78, 5) is 11.0. The van der Waals surface area contributed by atoms with Crippen LogP contribution in [0, 0.1) is 0 Å². The van der Waals surface area contributed by atoms with Gasteiger partial charge in [0.1, 0.15) is 12.4 Å². The number of carbonyl (C=O) groups excluding carboxylic acids is 1. The maximum Gasteiger partial charge on any atom is 0.417 e. The average Bonchev–Trinajstić information content (AvgIpc) is 2.27. The van der Waals surface area contributed by atoms with E-state index in [1.807, 2.05) is 0 Å². The van der Waals surface area contributed by atoms with Gasteiger partial charge in [0.05, 0.1) is 17.2 Å². The number of hydrogen-bond acceptors (Lipinski definition) is 3. The fraction of sp³-hybridized carbons (Fsp3) is 0.364. The highest BCUT2D eigenvalue weighted by Gasteiger charge is 2.33. The van der Waals surface area contributed by atoms with E-state index in [4.69, 9.17) is 21.4 Å². The number of ketones is 1. The maximum absolute atomic E-state index is 12.5. The van der Waals surface area contributed by atoms with Gasteiger partial charge in [-0.15, -0.1) is 0 Å². The largest absolute Gasteiger partial charge is 0.486 e. The van der Waals surface area contributed by atoms with Crippen LogP contribution in [0.4, 0.5) is 13.2 Å². The van der Waals surface area contributed by atoms with Crippen molar-refractivity contribution in [2.45, 2.75) is 12.6 Å². The highest BCUT2D eigenvalue weighted by Crippen LogP contribution is 2.36. The predicted octanol–water partition coefficient (Wildman–Crippen LogP) is 2.69. The summed E-state index contributed by atoms with van der Waals surface area (Å²) >= 11 is 5.42. The van der Waals surface area contributed by atoms with E-state index in [2.05, 4.69) is 0 Å². The molecule has 18 heavy (non-hydrogen) atoms. The normalized spacial score (nSPS) is 11.4. The van der Waals surface area contributed by atoms with Gasteiger partial charge in [0.15, 0.2) is 5.78 Å². The SMILES string of the molecule is O=C(CCO)COc1ccc(Cl)c(C(F)(F)F)c1. The maximum atomic E-state index is 12.5. The molecule has 0 atom stereocenters. The summed E-state index contributed by atoms with van der Waals surface area (Å²) in [6.07, 6.45) is -4.68. The molecule has 0 aromatic heterocycles. The number of halogens is 4. The highest BCUT2D eigenvalue weighted by atomic mass is 35.5. The zero-order valence-electron chi connectivity index (χ0n) is 9.13. The molecule has 1 N–H and O–H groups in total. The third-order valence-electron chi connectivity index (χ3n) is 2.03. The molecule has 0 unspecified atom stereocenters. The van der Waals surface area contributed by atoms with Gasteiger partial charge in [-0.05, 0) is 18.2 Å². The van der Waals surface area contributed by atoms with E-state index in [1.54, 1.807) is 0 Å². The van der Waals surface area contributed by atoms with Crippen molar-refractivity contribution in [1.82, 2.24) is 0 Å². The molecular formula is C11H10ClF3O3. The molecule has 3 nitrogen and oxygen atoms in total. The van der Waals surface area contributed by atoms with Crippen molar-refractivity contribution in [3.05, 3.63) is 28.8 Å². The zero-order valence-corrected chi connectivity index (χ0v) is 9.88. The summed E-state index contributed by atoms with van der Waals surface area (Å²) in [6.45, 7) is -0.712. The van der Waals surface area contributed by atoms with Crippen molar-refractivity contribution < 1.29 is 27.8 Å². The van der Waals surface area contributed by atoms with Crippen LogP contribution in [0.5, 0.6) is 5.75 Å². The van der Waals surface area contributed by atoms with Crippen LogP contribution in [-0.2, 0) is 11.0 Å². The molecule has 0 aliphatic heterocycles. The van der Waals surface area contributed by atoms with Gasteiger partial charge in [-0.2, -0.15) is 13.2 Å². The first kappa shape index (κ1) is 14.8. The number of aliphatic hydroxyl groups excluding tert-OH is 1. The van der Waals surface area contributed by atoms with Gasteiger partial charge >= 0.3 is 6.18 Å². The molecule has 0 saturated heterocycles. The quantitative estimate of drug-likeness (QED) is 0.903. The first-order chi connectivity index (χ1) is 8.34. The van der Waals surface area contributed by atoms with Crippen LogP contribution in [0.15, 0.2) is 18.2 Å². The Morgan fingerprint density at radius 3 is 2.61 bits per heavy atom. The van der Waals surface area contributed by atoms with Gasteiger partial charge in [0, 0.05) is 6.42 Å². The lowest BCUT2D eigenvalue weighted by Crippen LogP contribution is -2.13. The number of rotatable bonds is 5. The molecule has 0 radical (unpaired) electrons. The first-order valence-corrected chi connectivity index (χ1v) is 5.34. The second-order valence-corrected chi connectivity index (χ2v) is 3.85. The van der Waals surface area contributed by atoms with E-state index in [0.29, 0.717) is 0 Å². The standard InChI is InChI=1S/C11H10ClF3O3/c12-10-2-1-8(5-9(10)11(13,14)15)18-6-7(17)3-4-16/h1-2,5,16H,3-4,6H2. The van der Waals surface area contributed by atoms with Gasteiger partial charge in [-0.1, -0.05) is 11.6 Å². The van der Waals surface area contributed by atoms with E-state index in [9.17, 15) is 18.0 Å². The van der Waals surface area contributed by atoms with Crippen molar-refractivity contribution in [2.75, 3.05) is 13.2 Å². The van der Waals surface area contributed by atoms with Crippen molar-refractivity contribution >= 4 is 17.4 Å².